The van der Waals surface area contributed by atoms with Gasteiger partial charge in [0.25, 0.3) is 5.91 Å². The number of fused-ring (bicyclic) bond motifs is 1. The Morgan fingerprint density at radius 2 is 2.00 bits per heavy atom. The Balaban J connectivity index is 2.20. The molecule has 0 radical (unpaired) electrons. The van der Waals surface area contributed by atoms with Crippen LogP contribution in [0.4, 0.5) is 4.39 Å². The molecule has 2 aromatic carbocycles. The van der Waals surface area contributed by atoms with E-state index >= 15 is 0 Å². The number of carbonyl (C=O) groups excluding carboxylic acids is 1. The van der Waals surface area contributed by atoms with E-state index in [0.717, 1.165) is 4.70 Å². The Morgan fingerprint density at radius 3 is 2.73 bits per heavy atom. The molecule has 1 aromatic heterocycles. The van der Waals surface area contributed by atoms with E-state index in [1.807, 2.05) is 12.1 Å². The van der Waals surface area contributed by atoms with E-state index in [1.54, 1.807) is 41.0 Å². The van der Waals surface area contributed by atoms with Crippen LogP contribution in [-0.4, -0.2) is 10.5 Å². The molecule has 1 amide bonds. The first-order chi connectivity index (χ1) is 10.7. The quantitative estimate of drug-likeness (QED) is 0.678. The minimum absolute atomic E-state index is 0.329. The normalized spacial score (nSPS) is 11.8. The summed E-state index contributed by atoms with van der Waals surface area (Å²) in [5.41, 5.74) is 0.956. The second kappa shape index (κ2) is 6.07. The number of hydrogen-bond donors (Lipinski definition) is 0. The van der Waals surface area contributed by atoms with Crippen molar-refractivity contribution in [1.29, 1.82) is 0 Å². The number of allylic oxidation sites excluding steroid dienone is 1. The highest BCUT2D eigenvalue weighted by atomic mass is 32.1. The molecule has 110 valence electrons. The lowest BCUT2D eigenvalue weighted by Crippen LogP contribution is -2.16. The number of benzene rings is 2. The van der Waals surface area contributed by atoms with Crippen LogP contribution >= 0.6 is 11.3 Å². The van der Waals surface area contributed by atoms with E-state index in [2.05, 4.69) is 11.6 Å². The van der Waals surface area contributed by atoms with Gasteiger partial charge in [0.15, 0.2) is 4.80 Å². The first-order valence-corrected chi connectivity index (χ1v) is 7.55. The molecule has 0 saturated heterocycles. The number of nitrogens with zero attached hydrogens (tertiary/aromatic N) is 2. The van der Waals surface area contributed by atoms with Crippen LogP contribution < -0.4 is 4.80 Å². The van der Waals surface area contributed by atoms with E-state index in [4.69, 9.17) is 0 Å². The highest BCUT2D eigenvalue weighted by Crippen LogP contribution is 2.20. The minimum atomic E-state index is -0.342. The van der Waals surface area contributed by atoms with Crippen LogP contribution in [-0.2, 0) is 6.54 Å². The maximum Gasteiger partial charge on any atom is 0.279 e. The molecule has 0 fully saturated rings. The van der Waals surface area contributed by atoms with E-state index in [-0.39, 0.29) is 11.7 Å². The molecule has 0 aliphatic heterocycles. The molecule has 22 heavy (non-hydrogen) atoms. The van der Waals surface area contributed by atoms with Crippen molar-refractivity contribution < 1.29 is 9.18 Å². The molecule has 3 aromatic rings. The third kappa shape index (κ3) is 2.63. The third-order valence-electron chi connectivity index (χ3n) is 3.18. The van der Waals surface area contributed by atoms with Crippen molar-refractivity contribution in [1.82, 2.24) is 4.57 Å². The Bertz CT molecular complexity index is 909. The van der Waals surface area contributed by atoms with Gasteiger partial charge in [0.05, 0.1) is 10.2 Å². The van der Waals surface area contributed by atoms with Gasteiger partial charge < -0.3 is 4.57 Å². The second-order valence-electron chi connectivity index (χ2n) is 4.65. The predicted molar refractivity (Wildman–Crippen MR) is 86.3 cm³/mol. The minimum Gasteiger partial charge on any atom is -0.310 e. The van der Waals surface area contributed by atoms with Crippen LogP contribution in [0.3, 0.4) is 0 Å². The van der Waals surface area contributed by atoms with Crippen molar-refractivity contribution in [2.24, 2.45) is 4.99 Å². The Hall–Kier alpha value is -2.53. The molecule has 0 spiro atoms. The van der Waals surface area contributed by atoms with Crippen molar-refractivity contribution in [3.8, 4) is 0 Å². The van der Waals surface area contributed by atoms with E-state index in [1.165, 1.54) is 17.4 Å². The van der Waals surface area contributed by atoms with Crippen molar-refractivity contribution in [3.63, 3.8) is 0 Å². The highest BCUT2D eigenvalue weighted by molar-refractivity contribution is 7.16. The average Bonchev–Trinajstić information content (AvgIpc) is 2.87. The molecule has 0 N–H and O–H groups in total. The monoisotopic (exact) mass is 312 g/mol. The lowest BCUT2D eigenvalue weighted by atomic mass is 10.2. The first kappa shape index (κ1) is 14.4. The van der Waals surface area contributed by atoms with Gasteiger partial charge in [0.1, 0.15) is 5.82 Å². The second-order valence-corrected chi connectivity index (χ2v) is 5.66. The molecule has 5 heteroatoms. The molecule has 0 bridgehead atoms. The zero-order valence-corrected chi connectivity index (χ0v) is 12.5. The molecule has 0 atom stereocenters. The predicted octanol–water partition coefficient (Wildman–Crippen LogP) is 3.77. The molecule has 1 heterocycles. The molecule has 0 saturated carbocycles. The Morgan fingerprint density at radius 1 is 1.23 bits per heavy atom. The van der Waals surface area contributed by atoms with E-state index in [9.17, 15) is 9.18 Å². The van der Waals surface area contributed by atoms with Crippen molar-refractivity contribution in [2.45, 2.75) is 6.54 Å². The standard InChI is InChI=1S/C17H13FN2OS/c1-2-11-20-15-13(18)9-6-10-14(15)22-17(20)19-16(21)12-7-4-3-5-8-12/h2-10H,1,11H2. The smallest absolute Gasteiger partial charge is 0.279 e. The fourth-order valence-electron chi connectivity index (χ4n) is 2.20. The number of carbonyl (C=O) groups is 1. The number of thiazole rings is 1. The van der Waals surface area contributed by atoms with Gasteiger partial charge in [-0.2, -0.15) is 4.99 Å². The zero-order valence-electron chi connectivity index (χ0n) is 11.7. The van der Waals surface area contributed by atoms with Crippen LogP contribution in [0.1, 0.15) is 10.4 Å². The van der Waals surface area contributed by atoms with Gasteiger partial charge in [0.2, 0.25) is 0 Å². The summed E-state index contributed by atoms with van der Waals surface area (Å²) in [5.74, 6) is -0.672. The van der Waals surface area contributed by atoms with Gasteiger partial charge in [-0.05, 0) is 24.3 Å². The number of hydrogen-bond acceptors (Lipinski definition) is 2. The van der Waals surface area contributed by atoms with Crippen molar-refractivity contribution in [3.05, 3.63) is 77.4 Å². The van der Waals surface area contributed by atoms with Crippen molar-refractivity contribution >= 4 is 27.5 Å². The molecular weight excluding hydrogens is 299 g/mol. The van der Waals surface area contributed by atoms with Gasteiger partial charge in [-0.1, -0.05) is 41.7 Å². The summed E-state index contributed by atoms with van der Waals surface area (Å²) in [5, 5.41) is 0. The van der Waals surface area contributed by atoms with Gasteiger partial charge in [0, 0.05) is 12.1 Å². The summed E-state index contributed by atoms with van der Waals surface area (Å²) in [6, 6.07) is 13.7. The zero-order chi connectivity index (χ0) is 15.5. The number of halogens is 1. The summed E-state index contributed by atoms with van der Waals surface area (Å²) < 4.78 is 16.5. The van der Waals surface area contributed by atoms with Crippen LogP contribution in [0.5, 0.6) is 0 Å². The molecule has 0 unspecified atom stereocenters. The lowest BCUT2D eigenvalue weighted by Gasteiger charge is -2.01. The fraction of sp³-hybridized carbons (Fsp3) is 0.0588. The number of para-hydroxylation sites is 1. The summed E-state index contributed by atoms with van der Waals surface area (Å²) >= 11 is 1.29. The Labute approximate surface area is 130 Å². The largest absolute Gasteiger partial charge is 0.310 e. The number of rotatable bonds is 3. The summed E-state index contributed by atoms with van der Waals surface area (Å²) in [6.45, 7) is 4.08. The summed E-state index contributed by atoms with van der Waals surface area (Å²) in [4.78, 5) is 16.9. The van der Waals surface area contributed by atoms with E-state index < -0.39 is 0 Å². The summed E-state index contributed by atoms with van der Waals surface area (Å²) in [6.07, 6.45) is 1.66. The number of amides is 1. The lowest BCUT2D eigenvalue weighted by molar-refractivity contribution is 0.0998. The first-order valence-electron chi connectivity index (χ1n) is 6.73. The Kier molecular flexibility index (Phi) is 3.98. The topological polar surface area (TPSA) is 34.4 Å². The number of aromatic nitrogens is 1. The van der Waals surface area contributed by atoms with Gasteiger partial charge >= 0.3 is 0 Å². The molecule has 3 nitrogen and oxygen atoms in total. The molecule has 0 aliphatic carbocycles. The van der Waals surface area contributed by atoms with Crippen LogP contribution in [0.25, 0.3) is 10.2 Å². The maximum absolute atomic E-state index is 14.1. The summed E-state index contributed by atoms with van der Waals surface area (Å²) in [7, 11) is 0. The maximum atomic E-state index is 14.1. The van der Waals surface area contributed by atoms with Crippen LogP contribution in [0.15, 0.2) is 66.2 Å². The van der Waals surface area contributed by atoms with Crippen LogP contribution in [0.2, 0.25) is 0 Å². The van der Waals surface area contributed by atoms with Crippen molar-refractivity contribution in [2.75, 3.05) is 0 Å². The SMILES string of the molecule is C=CCn1c(=NC(=O)c2ccccc2)sc2cccc(F)c21. The molecular formula is C17H13FN2OS. The fourth-order valence-corrected chi connectivity index (χ4v) is 3.25. The van der Waals surface area contributed by atoms with Gasteiger partial charge in [-0.15, -0.1) is 6.58 Å². The van der Waals surface area contributed by atoms with E-state index in [0.29, 0.717) is 22.4 Å². The highest BCUT2D eigenvalue weighted by Gasteiger charge is 2.11. The molecule has 0 aliphatic rings. The average molecular weight is 312 g/mol. The third-order valence-corrected chi connectivity index (χ3v) is 4.23. The van der Waals surface area contributed by atoms with Gasteiger partial charge in [-0.25, -0.2) is 4.39 Å². The van der Waals surface area contributed by atoms with Gasteiger partial charge in [-0.3, -0.25) is 4.79 Å². The molecule has 3 rings (SSSR count). The van der Waals surface area contributed by atoms with Crippen LogP contribution in [0, 0.1) is 5.82 Å².